The number of carbonyl (C=O) groups is 2. The third-order valence-electron chi connectivity index (χ3n) is 2.69. The largest absolute Gasteiger partial charge is 0.299 e. The molecular formula is C12H11ClO2. The first-order chi connectivity index (χ1) is 7.18. The minimum absolute atomic E-state index is 0.0357. The highest BCUT2D eigenvalue weighted by Gasteiger charge is 2.30. The number of carbonyl (C=O) groups excluding carboxylic acids is 2. The molecule has 0 heterocycles. The number of rotatable bonds is 1. The second-order valence-corrected chi connectivity index (χ2v) is 4.21. The molecule has 1 aliphatic carbocycles. The third kappa shape index (κ3) is 2.10. The van der Waals surface area contributed by atoms with Gasteiger partial charge in [0.15, 0.2) is 0 Å². The predicted molar refractivity (Wildman–Crippen MR) is 58.1 cm³/mol. The highest BCUT2D eigenvalue weighted by atomic mass is 35.5. The lowest BCUT2D eigenvalue weighted by Crippen LogP contribution is -2.26. The van der Waals surface area contributed by atoms with E-state index < -0.39 is 5.92 Å². The summed E-state index contributed by atoms with van der Waals surface area (Å²) in [7, 11) is 0. The Labute approximate surface area is 93.2 Å². The van der Waals surface area contributed by atoms with Gasteiger partial charge in [-0.05, 0) is 24.1 Å². The molecule has 0 amide bonds. The van der Waals surface area contributed by atoms with Crippen LogP contribution in [-0.4, -0.2) is 11.6 Å². The van der Waals surface area contributed by atoms with Gasteiger partial charge >= 0.3 is 0 Å². The quantitative estimate of drug-likeness (QED) is 0.685. The van der Waals surface area contributed by atoms with Crippen molar-refractivity contribution >= 4 is 23.2 Å². The van der Waals surface area contributed by atoms with Crippen molar-refractivity contribution in [3.05, 3.63) is 34.9 Å². The molecule has 1 fully saturated rings. The van der Waals surface area contributed by atoms with Gasteiger partial charge in [-0.25, -0.2) is 0 Å². The molecule has 1 aromatic rings. The van der Waals surface area contributed by atoms with E-state index in [0.717, 1.165) is 5.56 Å². The zero-order chi connectivity index (χ0) is 10.8. The summed E-state index contributed by atoms with van der Waals surface area (Å²) in [6, 6.07) is 6.94. The fraction of sp³-hybridized carbons (Fsp3) is 0.333. The summed E-state index contributed by atoms with van der Waals surface area (Å²) in [6.07, 6.45) is 1.72. The van der Waals surface area contributed by atoms with E-state index in [-0.39, 0.29) is 11.6 Å². The number of benzene rings is 1. The number of hydrogen-bond donors (Lipinski definition) is 0. The molecule has 0 saturated heterocycles. The van der Waals surface area contributed by atoms with E-state index in [1.165, 1.54) is 0 Å². The Kier molecular flexibility index (Phi) is 2.87. The second-order valence-electron chi connectivity index (χ2n) is 3.77. The van der Waals surface area contributed by atoms with Crippen molar-refractivity contribution < 1.29 is 9.59 Å². The van der Waals surface area contributed by atoms with Crippen LogP contribution in [0.4, 0.5) is 0 Å². The summed E-state index contributed by atoms with van der Waals surface area (Å²) in [6.45, 7) is 0. The molecule has 0 atom stereocenters. The standard InChI is InChI=1S/C12H11ClO2/c13-9-6-4-8(5-7-9)12-10(14)2-1-3-11(12)15/h4-7,12H,1-3H2. The molecule has 1 aliphatic rings. The molecule has 2 nitrogen and oxygen atoms in total. The van der Waals surface area contributed by atoms with Crippen molar-refractivity contribution in [1.29, 1.82) is 0 Å². The summed E-state index contributed by atoms with van der Waals surface area (Å²) in [4.78, 5) is 23.3. The Morgan fingerprint density at radius 3 is 2.07 bits per heavy atom. The Morgan fingerprint density at radius 2 is 1.53 bits per heavy atom. The van der Waals surface area contributed by atoms with E-state index in [9.17, 15) is 9.59 Å². The molecule has 15 heavy (non-hydrogen) atoms. The number of hydrogen-bond acceptors (Lipinski definition) is 2. The monoisotopic (exact) mass is 222 g/mol. The molecule has 1 aromatic carbocycles. The van der Waals surface area contributed by atoms with Crippen LogP contribution in [0.2, 0.25) is 5.02 Å². The molecule has 0 N–H and O–H groups in total. The van der Waals surface area contributed by atoms with E-state index in [0.29, 0.717) is 24.3 Å². The van der Waals surface area contributed by atoms with Crippen LogP contribution in [0.1, 0.15) is 30.7 Å². The van der Waals surface area contributed by atoms with Gasteiger partial charge in [0.25, 0.3) is 0 Å². The fourth-order valence-electron chi connectivity index (χ4n) is 1.93. The van der Waals surface area contributed by atoms with Crippen LogP contribution < -0.4 is 0 Å². The first kappa shape index (κ1) is 10.4. The summed E-state index contributed by atoms with van der Waals surface area (Å²) in [5, 5.41) is 0.620. The van der Waals surface area contributed by atoms with Gasteiger partial charge in [-0.3, -0.25) is 9.59 Å². The van der Waals surface area contributed by atoms with Crippen LogP contribution in [0.5, 0.6) is 0 Å². The Balaban J connectivity index is 2.31. The molecule has 1 saturated carbocycles. The Morgan fingerprint density at radius 1 is 1.00 bits per heavy atom. The lowest BCUT2D eigenvalue weighted by molar-refractivity contribution is -0.131. The van der Waals surface area contributed by atoms with Crippen LogP contribution in [-0.2, 0) is 9.59 Å². The van der Waals surface area contributed by atoms with Gasteiger partial charge in [0.05, 0.1) is 0 Å². The Hall–Kier alpha value is -1.15. The predicted octanol–water partition coefficient (Wildman–Crippen LogP) is 2.75. The number of Topliss-reactive ketones (excluding diaryl/α,β-unsaturated/α-hetero) is 2. The van der Waals surface area contributed by atoms with Gasteiger partial charge < -0.3 is 0 Å². The molecule has 0 aliphatic heterocycles. The van der Waals surface area contributed by atoms with Crippen molar-refractivity contribution in [3.8, 4) is 0 Å². The van der Waals surface area contributed by atoms with Crippen LogP contribution >= 0.6 is 11.6 Å². The second kappa shape index (κ2) is 4.15. The van der Waals surface area contributed by atoms with Gasteiger partial charge in [0.2, 0.25) is 0 Å². The minimum Gasteiger partial charge on any atom is -0.299 e. The molecule has 78 valence electrons. The maximum absolute atomic E-state index is 11.6. The van der Waals surface area contributed by atoms with Crippen molar-refractivity contribution in [1.82, 2.24) is 0 Å². The molecular weight excluding hydrogens is 212 g/mol. The zero-order valence-corrected chi connectivity index (χ0v) is 8.96. The van der Waals surface area contributed by atoms with Gasteiger partial charge in [0.1, 0.15) is 17.5 Å². The average molecular weight is 223 g/mol. The molecule has 2 rings (SSSR count). The summed E-state index contributed by atoms with van der Waals surface area (Å²) in [5.74, 6) is -0.474. The van der Waals surface area contributed by atoms with Crippen molar-refractivity contribution in [3.63, 3.8) is 0 Å². The average Bonchev–Trinajstić information content (AvgIpc) is 2.20. The van der Waals surface area contributed by atoms with Crippen LogP contribution in [0, 0.1) is 0 Å². The van der Waals surface area contributed by atoms with Gasteiger partial charge in [-0.2, -0.15) is 0 Å². The zero-order valence-electron chi connectivity index (χ0n) is 8.20. The van der Waals surface area contributed by atoms with Gasteiger partial charge in [-0.15, -0.1) is 0 Å². The minimum atomic E-state index is -0.545. The summed E-state index contributed by atoms with van der Waals surface area (Å²) < 4.78 is 0. The number of halogens is 1. The smallest absolute Gasteiger partial charge is 0.147 e. The first-order valence-electron chi connectivity index (χ1n) is 4.99. The normalized spacial score (nSPS) is 18.2. The van der Waals surface area contributed by atoms with Crippen molar-refractivity contribution in [2.24, 2.45) is 0 Å². The van der Waals surface area contributed by atoms with E-state index in [4.69, 9.17) is 11.6 Å². The lowest BCUT2D eigenvalue weighted by Gasteiger charge is -2.19. The summed E-state index contributed by atoms with van der Waals surface area (Å²) >= 11 is 5.75. The topological polar surface area (TPSA) is 34.1 Å². The summed E-state index contributed by atoms with van der Waals surface area (Å²) in [5.41, 5.74) is 0.772. The molecule has 0 aromatic heterocycles. The highest BCUT2D eigenvalue weighted by molar-refractivity contribution is 6.30. The van der Waals surface area contributed by atoms with E-state index >= 15 is 0 Å². The van der Waals surface area contributed by atoms with E-state index in [2.05, 4.69) is 0 Å². The third-order valence-corrected chi connectivity index (χ3v) is 2.95. The van der Waals surface area contributed by atoms with Gasteiger partial charge in [-0.1, -0.05) is 23.7 Å². The molecule has 0 unspecified atom stereocenters. The highest BCUT2D eigenvalue weighted by Crippen LogP contribution is 2.27. The first-order valence-corrected chi connectivity index (χ1v) is 5.37. The number of ketones is 2. The molecule has 0 radical (unpaired) electrons. The van der Waals surface area contributed by atoms with Crippen molar-refractivity contribution in [2.45, 2.75) is 25.2 Å². The lowest BCUT2D eigenvalue weighted by atomic mass is 9.82. The molecule has 0 spiro atoms. The van der Waals surface area contributed by atoms with Crippen LogP contribution in [0.3, 0.4) is 0 Å². The van der Waals surface area contributed by atoms with Crippen molar-refractivity contribution in [2.75, 3.05) is 0 Å². The Bertz CT molecular complexity index is 379. The molecule has 0 bridgehead atoms. The maximum Gasteiger partial charge on any atom is 0.147 e. The van der Waals surface area contributed by atoms with E-state index in [1.54, 1.807) is 24.3 Å². The SMILES string of the molecule is O=C1CCCC(=O)C1c1ccc(Cl)cc1. The van der Waals surface area contributed by atoms with Crippen LogP contribution in [0.15, 0.2) is 24.3 Å². The molecule has 3 heteroatoms. The maximum atomic E-state index is 11.6. The van der Waals surface area contributed by atoms with Crippen LogP contribution in [0.25, 0.3) is 0 Å². The van der Waals surface area contributed by atoms with E-state index in [1.807, 2.05) is 0 Å². The van der Waals surface area contributed by atoms with Gasteiger partial charge in [0, 0.05) is 17.9 Å². The fourth-order valence-corrected chi connectivity index (χ4v) is 2.06.